The molecule has 0 saturated heterocycles. The van der Waals surface area contributed by atoms with Crippen LogP contribution in [0.25, 0.3) is 0 Å². The molecule has 11 heavy (non-hydrogen) atoms. The lowest BCUT2D eigenvalue weighted by Gasteiger charge is -1.96. The van der Waals surface area contributed by atoms with E-state index in [1.165, 1.54) is 28.8 Å². The topological polar surface area (TPSA) is 0 Å². The molecule has 0 amide bonds. The summed E-state index contributed by atoms with van der Waals surface area (Å²) < 4.78 is 0. The van der Waals surface area contributed by atoms with Gasteiger partial charge in [0.2, 0.25) is 0 Å². The minimum atomic E-state index is -0.120. The molecule has 0 atom stereocenters. The highest BCUT2D eigenvalue weighted by atomic mass is 35.5. The summed E-state index contributed by atoms with van der Waals surface area (Å²) in [5.74, 6) is 0. The molecule has 0 nitrogen and oxygen atoms in total. The lowest BCUT2D eigenvalue weighted by molar-refractivity contribution is 1.06. The fourth-order valence-corrected chi connectivity index (χ4v) is 4.21. The van der Waals surface area contributed by atoms with Gasteiger partial charge >= 0.3 is 5.54 Å². The minimum Gasteiger partial charge on any atom is -0.172 e. The molecule has 5 heteroatoms. The Morgan fingerprint density at radius 3 is 2.36 bits per heavy atom. The first kappa shape index (κ1) is 14.6. The maximum absolute atomic E-state index is 5.58. The predicted molar refractivity (Wildman–Crippen MR) is 66.5 cm³/mol. The number of hydrogen-bond donors (Lipinski definition) is 0. The van der Waals surface area contributed by atoms with Gasteiger partial charge in [-0.25, -0.2) is 0 Å². The quantitative estimate of drug-likeness (QED) is 0.481. The van der Waals surface area contributed by atoms with Crippen molar-refractivity contribution in [3.05, 3.63) is 0 Å². The Balaban J connectivity index is 0. The lowest BCUT2D eigenvalue weighted by Crippen LogP contribution is -1.94. The Morgan fingerprint density at radius 1 is 1.27 bits per heavy atom. The van der Waals surface area contributed by atoms with Crippen LogP contribution in [0.2, 0.25) is 24.5 Å². The monoisotopic (exact) mass is 228 g/mol. The molecule has 0 aromatic heterocycles. The number of hydrogen-bond acceptors (Lipinski definition) is 0. The van der Waals surface area contributed by atoms with Crippen molar-refractivity contribution in [3.63, 3.8) is 0 Å². The van der Waals surface area contributed by atoms with E-state index in [0.717, 1.165) is 6.32 Å². The van der Waals surface area contributed by atoms with Crippen LogP contribution in [0.15, 0.2) is 0 Å². The smallest absolute Gasteiger partial charge is 0.172 e. The summed E-state index contributed by atoms with van der Waals surface area (Å²) in [6, 6.07) is 4.48. The first-order valence-corrected chi connectivity index (χ1v) is 8.34. The Kier molecular flexibility index (Phi) is 14.7. The van der Waals surface area contributed by atoms with E-state index in [0.29, 0.717) is 0 Å². The molecule has 0 bridgehead atoms. The standard InChI is InChI=1S/C5H15BCl2Si2.CH4/c7-6(8)2-1-4-10-5-3-9;/h1-5,10H2,9H3;1H4. The number of rotatable bonds is 6. The molecule has 0 aromatic carbocycles. The van der Waals surface area contributed by atoms with Crippen LogP contribution in [0, 0.1) is 0 Å². The molecule has 0 heterocycles. The normalized spacial score (nSPS) is 10.4. The summed E-state index contributed by atoms with van der Waals surface area (Å²) in [7, 11) is 1.67. The van der Waals surface area contributed by atoms with Crippen LogP contribution in [-0.4, -0.2) is 25.3 Å². The molecule has 0 saturated carbocycles. The van der Waals surface area contributed by atoms with E-state index in [2.05, 4.69) is 0 Å². The second-order valence-electron chi connectivity index (χ2n) is 2.59. The highest BCUT2D eigenvalue weighted by Gasteiger charge is 2.03. The third kappa shape index (κ3) is 14.0. The van der Waals surface area contributed by atoms with Gasteiger partial charge in [-0.2, -0.15) is 22.9 Å². The van der Waals surface area contributed by atoms with Crippen molar-refractivity contribution in [3.8, 4) is 0 Å². The zero-order chi connectivity index (χ0) is 7.82. The SMILES string of the molecule is C.[SiH3]CC[SiH2]CCCB(Cl)Cl. The van der Waals surface area contributed by atoms with Crippen LogP contribution >= 0.6 is 22.9 Å². The zero-order valence-corrected chi connectivity index (χ0v) is 11.5. The second kappa shape index (κ2) is 11.1. The molecule has 0 radical (unpaired) electrons. The molecule has 0 aliphatic carbocycles. The average Bonchev–Trinajstić information content (AvgIpc) is 1.87. The van der Waals surface area contributed by atoms with Gasteiger partial charge in [0.1, 0.15) is 0 Å². The maximum atomic E-state index is 5.58. The van der Waals surface area contributed by atoms with E-state index in [1.807, 2.05) is 0 Å². The van der Waals surface area contributed by atoms with Crippen molar-refractivity contribution >= 4 is 48.2 Å². The van der Waals surface area contributed by atoms with Gasteiger partial charge in [0.05, 0.1) is 0 Å². The largest absolute Gasteiger partial charge is 0.351 e. The van der Waals surface area contributed by atoms with Crippen LogP contribution in [0.3, 0.4) is 0 Å². The van der Waals surface area contributed by atoms with Gasteiger partial charge in [0, 0.05) is 19.8 Å². The Bertz CT molecular complexity index is 73.6. The second-order valence-corrected chi connectivity index (χ2v) is 6.99. The van der Waals surface area contributed by atoms with Crippen molar-refractivity contribution in [1.29, 1.82) is 0 Å². The summed E-state index contributed by atoms with van der Waals surface area (Å²) in [6.45, 7) is 0. The summed E-state index contributed by atoms with van der Waals surface area (Å²) in [6.07, 6.45) is 2.25. The van der Waals surface area contributed by atoms with Gasteiger partial charge < -0.3 is 0 Å². The zero-order valence-electron chi connectivity index (χ0n) is 6.58. The number of halogens is 2. The van der Waals surface area contributed by atoms with Gasteiger partial charge in [-0.05, 0) is 6.32 Å². The van der Waals surface area contributed by atoms with Crippen LogP contribution in [-0.2, 0) is 0 Å². The van der Waals surface area contributed by atoms with E-state index in [1.54, 1.807) is 6.04 Å². The first-order valence-electron chi connectivity index (χ1n) is 4.05. The van der Waals surface area contributed by atoms with E-state index < -0.39 is 0 Å². The molecule has 0 aliphatic rings. The van der Waals surface area contributed by atoms with E-state index >= 15 is 0 Å². The van der Waals surface area contributed by atoms with Crippen molar-refractivity contribution in [2.45, 2.75) is 38.3 Å². The van der Waals surface area contributed by atoms with Crippen molar-refractivity contribution in [2.75, 3.05) is 0 Å². The molecule has 0 aromatic rings. The van der Waals surface area contributed by atoms with E-state index in [-0.39, 0.29) is 22.5 Å². The molecular weight excluding hydrogens is 210 g/mol. The molecule has 0 N–H and O–H groups in total. The van der Waals surface area contributed by atoms with Gasteiger partial charge in [-0.1, -0.05) is 32.0 Å². The van der Waals surface area contributed by atoms with Gasteiger partial charge in [0.15, 0.2) is 0 Å². The van der Waals surface area contributed by atoms with Gasteiger partial charge in [-0.3, -0.25) is 0 Å². The lowest BCUT2D eigenvalue weighted by atomic mass is 9.99. The molecule has 0 unspecified atom stereocenters. The molecule has 0 aliphatic heterocycles. The van der Waals surface area contributed by atoms with Crippen molar-refractivity contribution in [1.82, 2.24) is 0 Å². The summed E-state index contributed by atoms with van der Waals surface area (Å²) >= 11 is 11.2. The molecule has 68 valence electrons. The third-order valence-corrected chi connectivity index (χ3v) is 6.29. The fraction of sp³-hybridized carbons (Fsp3) is 1.00. The maximum Gasteiger partial charge on any atom is 0.351 e. The molecule has 0 spiro atoms. The summed E-state index contributed by atoms with van der Waals surface area (Å²) in [5.41, 5.74) is -0.120. The van der Waals surface area contributed by atoms with Crippen LogP contribution in [0.4, 0.5) is 0 Å². The molecule has 0 fully saturated rings. The van der Waals surface area contributed by atoms with Gasteiger partial charge in [-0.15, -0.1) is 0 Å². The molecule has 0 rings (SSSR count). The Labute approximate surface area is 86.6 Å². The van der Waals surface area contributed by atoms with Crippen LogP contribution in [0.1, 0.15) is 13.8 Å². The van der Waals surface area contributed by atoms with Crippen molar-refractivity contribution < 1.29 is 0 Å². The Morgan fingerprint density at radius 2 is 1.91 bits per heavy atom. The fourth-order valence-electron chi connectivity index (χ4n) is 0.902. The minimum absolute atomic E-state index is 0. The van der Waals surface area contributed by atoms with Crippen LogP contribution < -0.4 is 0 Å². The summed E-state index contributed by atoms with van der Waals surface area (Å²) in [4.78, 5) is 0. The average molecular weight is 229 g/mol. The predicted octanol–water partition coefficient (Wildman–Crippen LogP) is 1.77. The highest BCUT2D eigenvalue weighted by Crippen LogP contribution is 2.08. The van der Waals surface area contributed by atoms with E-state index in [4.69, 9.17) is 22.9 Å². The van der Waals surface area contributed by atoms with E-state index in [9.17, 15) is 0 Å². The highest BCUT2D eigenvalue weighted by molar-refractivity contribution is 7.33. The van der Waals surface area contributed by atoms with Crippen LogP contribution in [0.5, 0.6) is 0 Å². The third-order valence-electron chi connectivity index (χ3n) is 1.53. The Hall–Kier alpha value is 1.08. The molecular formula is C6H19BCl2Si2. The first-order chi connectivity index (χ1) is 4.77. The van der Waals surface area contributed by atoms with Crippen molar-refractivity contribution in [2.24, 2.45) is 0 Å². The van der Waals surface area contributed by atoms with Gasteiger partial charge in [0.25, 0.3) is 0 Å². The summed E-state index contributed by atoms with van der Waals surface area (Å²) in [5, 5.41) is 0.